The summed E-state index contributed by atoms with van der Waals surface area (Å²) >= 11 is 0. The first-order valence-corrected chi connectivity index (χ1v) is 11.3. The van der Waals surface area contributed by atoms with E-state index in [1.807, 2.05) is 48.5 Å². The molecule has 0 radical (unpaired) electrons. The van der Waals surface area contributed by atoms with Crippen LogP contribution in [0.4, 0.5) is 5.69 Å². The van der Waals surface area contributed by atoms with Crippen molar-refractivity contribution in [1.29, 1.82) is 0 Å². The van der Waals surface area contributed by atoms with E-state index in [1.54, 1.807) is 16.9 Å². The van der Waals surface area contributed by atoms with Gasteiger partial charge in [-0.2, -0.15) is 9.61 Å². The van der Waals surface area contributed by atoms with Crippen molar-refractivity contribution < 1.29 is 4.79 Å². The minimum atomic E-state index is 0.0776. The molecule has 3 aromatic heterocycles. The number of benzene rings is 1. The lowest BCUT2D eigenvalue weighted by Gasteiger charge is -2.21. The Bertz CT molecular complexity index is 1210. The number of nitrogens with zero attached hydrogens (tertiary/aromatic N) is 5. The van der Waals surface area contributed by atoms with Crippen LogP contribution in [-0.2, 0) is 4.79 Å². The van der Waals surface area contributed by atoms with E-state index < -0.39 is 0 Å². The number of carbonyl (C=O) groups excluding carboxylic acids is 1. The molecule has 1 aromatic carbocycles. The molecule has 1 aliphatic carbocycles. The van der Waals surface area contributed by atoms with E-state index in [9.17, 15) is 4.79 Å². The zero-order valence-corrected chi connectivity index (χ0v) is 17.9. The van der Waals surface area contributed by atoms with Crippen molar-refractivity contribution >= 4 is 17.2 Å². The van der Waals surface area contributed by atoms with Gasteiger partial charge in [0, 0.05) is 35.6 Å². The molecule has 3 heterocycles. The zero-order chi connectivity index (χ0) is 21.8. The number of pyridine rings is 1. The number of hydrogen-bond acceptors (Lipinski definition) is 5. The van der Waals surface area contributed by atoms with Crippen LogP contribution in [0.3, 0.4) is 0 Å². The van der Waals surface area contributed by atoms with Crippen LogP contribution in [0.25, 0.3) is 28.3 Å². The van der Waals surface area contributed by atoms with Crippen LogP contribution in [0.2, 0.25) is 0 Å². The van der Waals surface area contributed by atoms with Crippen molar-refractivity contribution in [1.82, 2.24) is 24.8 Å². The largest absolute Gasteiger partial charge is 0.326 e. The normalized spacial score (nSPS) is 14.5. The smallest absolute Gasteiger partial charge is 0.224 e. The molecule has 0 aliphatic heterocycles. The van der Waals surface area contributed by atoms with Crippen molar-refractivity contribution in [3.63, 3.8) is 0 Å². The maximum atomic E-state index is 12.5. The van der Waals surface area contributed by atoms with Gasteiger partial charge in [-0.05, 0) is 48.7 Å². The first-order chi connectivity index (χ1) is 15.8. The Labute approximate surface area is 186 Å². The monoisotopic (exact) mass is 426 g/mol. The Hall–Kier alpha value is -3.61. The van der Waals surface area contributed by atoms with Gasteiger partial charge in [-0.25, -0.2) is 0 Å². The Morgan fingerprint density at radius 2 is 1.88 bits per heavy atom. The van der Waals surface area contributed by atoms with Crippen LogP contribution in [0.1, 0.15) is 44.9 Å². The van der Waals surface area contributed by atoms with Crippen LogP contribution in [-0.4, -0.2) is 30.7 Å². The predicted octanol–water partition coefficient (Wildman–Crippen LogP) is 5.15. The molecule has 32 heavy (non-hydrogen) atoms. The molecule has 1 N–H and O–H groups in total. The van der Waals surface area contributed by atoms with Crippen LogP contribution in [0.5, 0.6) is 0 Å². The first kappa shape index (κ1) is 20.3. The van der Waals surface area contributed by atoms with Gasteiger partial charge in [0.1, 0.15) is 0 Å². The molecule has 162 valence electrons. The highest BCUT2D eigenvalue weighted by atomic mass is 16.1. The molecule has 7 nitrogen and oxygen atoms in total. The highest BCUT2D eigenvalue weighted by Crippen LogP contribution is 2.28. The molecule has 0 atom stereocenters. The Balaban J connectivity index is 1.33. The summed E-state index contributed by atoms with van der Waals surface area (Å²) in [5, 5.41) is 16.3. The predicted molar refractivity (Wildman–Crippen MR) is 124 cm³/mol. The standard InChI is InChI=1S/C25H26N6O/c32-24(14-11-18-6-2-1-3-7-18)27-21-10-4-8-19(16-21)22-12-13-23-28-29-25(31(23)30-22)20-9-5-15-26-17-20/h4-5,8-10,12-13,15-18H,1-3,6-7,11,14H2,(H,27,32). The number of amides is 1. The second-order valence-electron chi connectivity index (χ2n) is 8.43. The third-order valence-corrected chi connectivity index (χ3v) is 6.13. The van der Waals surface area contributed by atoms with Crippen molar-refractivity contribution in [2.45, 2.75) is 44.9 Å². The zero-order valence-electron chi connectivity index (χ0n) is 17.9. The molecule has 0 spiro atoms. The lowest BCUT2D eigenvalue weighted by molar-refractivity contribution is -0.116. The number of carbonyl (C=O) groups is 1. The Morgan fingerprint density at radius 1 is 1.00 bits per heavy atom. The van der Waals surface area contributed by atoms with Crippen LogP contribution >= 0.6 is 0 Å². The minimum absolute atomic E-state index is 0.0776. The fourth-order valence-electron chi connectivity index (χ4n) is 4.41. The van der Waals surface area contributed by atoms with E-state index in [4.69, 9.17) is 5.10 Å². The molecule has 7 heteroatoms. The fraction of sp³-hybridized carbons (Fsp3) is 0.320. The second kappa shape index (κ2) is 9.26. The summed E-state index contributed by atoms with van der Waals surface area (Å²) in [6, 6.07) is 15.4. The average Bonchev–Trinajstić information content (AvgIpc) is 3.27. The van der Waals surface area contributed by atoms with E-state index in [-0.39, 0.29) is 5.91 Å². The molecule has 0 unspecified atom stereocenters. The minimum Gasteiger partial charge on any atom is -0.326 e. The van der Waals surface area contributed by atoms with Gasteiger partial charge in [-0.1, -0.05) is 44.2 Å². The van der Waals surface area contributed by atoms with E-state index in [0.29, 0.717) is 23.8 Å². The summed E-state index contributed by atoms with van der Waals surface area (Å²) in [5.41, 5.74) is 4.00. The number of hydrogen-bond donors (Lipinski definition) is 1. The maximum Gasteiger partial charge on any atom is 0.224 e. The van der Waals surface area contributed by atoms with Gasteiger partial charge in [0.15, 0.2) is 11.5 Å². The van der Waals surface area contributed by atoms with Crippen LogP contribution in [0.15, 0.2) is 60.9 Å². The van der Waals surface area contributed by atoms with Crippen molar-refractivity contribution in [2.24, 2.45) is 5.92 Å². The quantitative estimate of drug-likeness (QED) is 0.461. The van der Waals surface area contributed by atoms with E-state index in [0.717, 1.165) is 28.9 Å². The Morgan fingerprint density at radius 3 is 2.72 bits per heavy atom. The summed E-state index contributed by atoms with van der Waals surface area (Å²) in [4.78, 5) is 16.7. The molecular weight excluding hydrogens is 400 g/mol. The van der Waals surface area contributed by atoms with Gasteiger partial charge < -0.3 is 5.32 Å². The SMILES string of the molecule is O=C(CCC1CCCCC1)Nc1cccc(-c2ccc3nnc(-c4cccnc4)n3n2)c1. The van der Waals surface area contributed by atoms with E-state index >= 15 is 0 Å². The summed E-state index contributed by atoms with van der Waals surface area (Å²) in [5.74, 6) is 1.42. The molecule has 0 saturated heterocycles. The summed E-state index contributed by atoms with van der Waals surface area (Å²) < 4.78 is 1.72. The second-order valence-corrected chi connectivity index (χ2v) is 8.43. The molecule has 1 amide bonds. The van der Waals surface area contributed by atoms with Gasteiger partial charge in [0.25, 0.3) is 0 Å². The highest BCUT2D eigenvalue weighted by molar-refractivity contribution is 5.91. The molecule has 5 rings (SSSR count). The average molecular weight is 427 g/mol. The van der Waals surface area contributed by atoms with Gasteiger partial charge in [0.2, 0.25) is 5.91 Å². The lowest BCUT2D eigenvalue weighted by atomic mass is 9.86. The van der Waals surface area contributed by atoms with Crippen molar-refractivity contribution in [3.8, 4) is 22.6 Å². The molecule has 1 aliphatic rings. The highest BCUT2D eigenvalue weighted by Gasteiger charge is 2.15. The van der Waals surface area contributed by atoms with Gasteiger partial charge >= 0.3 is 0 Å². The fourth-order valence-corrected chi connectivity index (χ4v) is 4.41. The maximum absolute atomic E-state index is 12.5. The molecular formula is C25H26N6O. The third-order valence-electron chi connectivity index (χ3n) is 6.13. The third kappa shape index (κ3) is 4.51. The number of anilines is 1. The van der Waals surface area contributed by atoms with Gasteiger partial charge in [-0.3, -0.25) is 9.78 Å². The van der Waals surface area contributed by atoms with Gasteiger partial charge in [0.05, 0.1) is 5.69 Å². The number of fused-ring (bicyclic) bond motifs is 1. The topological polar surface area (TPSA) is 85.1 Å². The summed E-state index contributed by atoms with van der Waals surface area (Å²) in [7, 11) is 0. The lowest BCUT2D eigenvalue weighted by Crippen LogP contribution is -2.14. The molecule has 1 saturated carbocycles. The number of nitrogens with one attached hydrogen (secondary N) is 1. The first-order valence-electron chi connectivity index (χ1n) is 11.3. The summed E-state index contributed by atoms with van der Waals surface area (Å²) in [6.45, 7) is 0. The van der Waals surface area contributed by atoms with Crippen LogP contribution < -0.4 is 5.32 Å². The molecule has 1 fully saturated rings. The van der Waals surface area contributed by atoms with Crippen molar-refractivity contribution in [2.75, 3.05) is 5.32 Å². The Kier molecular flexibility index (Phi) is 5.87. The van der Waals surface area contributed by atoms with E-state index in [1.165, 1.54) is 32.1 Å². The van der Waals surface area contributed by atoms with Crippen molar-refractivity contribution in [3.05, 3.63) is 60.9 Å². The molecule has 4 aromatic rings. The number of aromatic nitrogens is 5. The van der Waals surface area contributed by atoms with E-state index in [2.05, 4.69) is 20.5 Å². The van der Waals surface area contributed by atoms with Gasteiger partial charge in [-0.15, -0.1) is 10.2 Å². The van der Waals surface area contributed by atoms with Crippen LogP contribution in [0, 0.1) is 5.92 Å². The number of rotatable bonds is 6. The summed E-state index contributed by atoms with van der Waals surface area (Å²) in [6.07, 6.45) is 11.5. The molecule has 0 bridgehead atoms.